The fourth-order valence-electron chi connectivity index (χ4n) is 1.90. The number of aromatic nitrogens is 2. The Labute approximate surface area is 103 Å². The third-order valence-corrected chi connectivity index (χ3v) is 3.65. The van der Waals surface area contributed by atoms with E-state index in [0.29, 0.717) is 18.4 Å². The maximum atomic E-state index is 6.27. The molecule has 4 heteroatoms. The molecule has 1 atom stereocenters. The van der Waals surface area contributed by atoms with Gasteiger partial charge in [0.05, 0.1) is 16.4 Å². The lowest BCUT2D eigenvalue weighted by Gasteiger charge is -2.19. The molecule has 92 valence electrons. The van der Waals surface area contributed by atoms with E-state index < -0.39 is 0 Å². The Morgan fingerprint density at radius 3 is 2.50 bits per heavy atom. The summed E-state index contributed by atoms with van der Waals surface area (Å²) < 4.78 is 1.99. The van der Waals surface area contributed by atoms with Gasteiger partial charge in [0, 0.05) is 6.54 Å². The molecule has 0 radical (unpaired) electrons. The summed E-state index contributed by atoms with van der Waals surface area (Å²) in [5.74, 6) is 1.04. The minimum Gasteiger partial charge on any atom is -0.330 e. The third kappa shape index (κ3) is 2.77. The minimum absolute atomic E-state index is 0.471. The van der Waals surface area contributed by atoms with Crippen LogP contribution in [0, 0.1) is 18.8 Å². The van der Waals surface area contributed by atoms with Crippen LogP contribution >= 0.6 is 11.6 Å². The SMILES string of the molecule is CCn1nc(C)c(Cl)c1CC(CN)C(C)C. The first-order valence-electron chi connectivity index (χ1n) is 5.93. The molecule has 0 aliphatic heterocycles. The van der Waals surface area contributed by atoms with Crippen molar-refractivity contribution >= 4 is 11.6 Å². The van der Waals surface area contributed by atoms with Gasteiger partial charge in [0.15, 0.2) is 0 Å². The van der Waals surface area contributed by atoms with Gasteiger partial charge in [0.25, 0.3) is 0 Å². The third-order valence-electron chi connectivity index (χ3n) is 3.15. The van der Waals surface area contributed by atoms with Crippen LogP contribution in [0.3, 0.4) is 0 Å². The maximum Gasteiger partial charge on any atom is 0.0847 e. The lowest BCUT2D eigenvalue weighted by molar-refractivity contribution is 0.380. The van der Waals surface area contributed by atoms with Crippen molar-refractivity contribution < 1.29 is 0 Å². The summed E-state index contributed by atoms with van der Waals surface area (Å²) in [5, 5.41) is 5.23. The highest BCUT2D eigenvalue weighted by atomic mass is 35.5. The van der Waals surface area contributed by atoms with Crippen molar-refractivity contribution in [3.63, 3.8) is 0 Å². The van der Waals surface area contributed by atoms with Crippen molar-refractivity contribution in [3.8, 4) is 0 Å². The molecule has 0 spiro atoms. The predicted molar refractivity (Wildman–Crippen MR) is 68.7 cm³/mol. The van der Waals surface area contributed by atoms with Crippen LogP contribution in [0.25, 0.3) is 0 Å². The monoisotopic (exact) mass is 243 g/mol. The second-order valence-corrected chi connectivity index (χ2v) is 4.98. The van der Waals surface area contributed by atoms with Crippen LogP contribution in [0.2, 0.25) is 5.02 Å². The first kappa shape index (κ1) is 13.5. The smallest absolute Gasteiger partial charge is 0.0847 e. The number of nitrogens with zero attached hydrogens (tertiary/aromatic N) is 2. The molecule has 1 aromatic rings. The molecule has 2 N–H and O–H groups in total. The normalized spacial score (nSPS) is 13.4. The summed E-state index contributed by atoms with van der Waals surface area (Å²) in [6, 6.07) is 0. The van der Waals surface area contributed by atoms with E-state index >= 15 is 0 Å². The molecule has 3 nitrogen and oxygen atoms in total. The van der Waals surface area contributed by atoms with Gasteiger partial charge in [0.2, 0.25) is 0 Å². The fourth-order valence-corrected chi connectivity index (χ4v) is 2.12. The molecular weight excluding hydrogens is 222 g/mol. The average Bonchev–Trinajstić information content (AvgIpc) is 2.51. The summed E-state index contributed by atoms with van der Waals surface area (Å²) in [4.78, 5) is 0. The van der Waals surface area contributed by atoms with E-state index in [4.69, 9.17) is 17.3 Å². The second kappa shape index (κ2) is 5.69. The van der Waals surface area contributed by atoms with Gasteiger partial charge in [-0.1, -0.05) is 25.4 Å². The van der Waals surface area contributed by atoms with E-state index in [9.17, 15) is 0 Å². The van der Waals surface area contributed by atoms with E-state index in [2.05, 4.69) is 25.9 Å². The highest BCUT2D eigenvalue weighted by Crippen LogP contribution is 2.25. The van der Waals surface area contributed by atoms with Crippen molar-refractivity contribution in [1.82, 2.24) is 9.78 Å². The molecular formula is C12H22ClN3. The first-order valence-corrected chi connectivity index (χ1v) is 6.30. The standard InChI is InChI=1S/C12H22ClN3/c1-5-16-11(12(13)9(4)15-16)6-10(7-14)8(2)3/h8,10H,5-7,14H2,1-4H3. The molecule has 0 aliphatic rings. The Bertz CT molecular complexity index is 344. The van der Waals surface area contributed by atoms with E-state index in [-0.39, 0.29) is 0 Å². The zero-order valence-electron chi connectivity index (χ0n) is 10.6. The van der Waals surface area contributed by atoms with Crippen LogP contribution in [0.5, 0.6) is 0 Å². The maximum absolute atomic E-state index is 6.27. The van der Waals surface area contributed by atoms with E-state index in [1.54, 1.807) is 0 Å². The van der Waals surface area contributed by atoms with Crippen LogP contribution in [0.4, 0.5) is 0 Å². The molecule has 0 aromatic carbocycles. The summed E-state index contributed by atoms with van der Waals surface area (Å²) >= 11 is 6.27. The van der Waals surface area contributed by atoms with Gasteiger partial charge in [-0.05, 0) is 38.6 Å². The van der Waals surface area contributed by atoms with Gasteiger partial charge >= 0.3 is 0 Å². The van der Waals surface area contributed by atoms with Crippen LogP contribution in [0.15, 0.2) is 0 Å². The Morgan fingerprint density at radius 2 is 2.06 bits per heavy atom. The molecule has 0 amide bonds. The van der Waals surface area contributed by atoms with Crippen LogP contribution in [0.1, 0.15) is 32.2 Å². The Balaban J connectivity index is 2.94. The topological polar surface area (TPSA) is 43.8 Å². The van der Waals surface area contributed by atoms with Gasteiger partial charge < -0.3 is 5.73 Å². The Kier molecular flexibility index (Phi) is 4.81. The van der Waals surface area contributed by atoms with Crippen molar-refractivity contribution in [2.24, 2.45) is 17.6 Å². The molecule has 0 bridgehead atoms. The molecule has 16 heavy (non-hydrogen) atoms. The number of hydrogen-bond acceptors (Lipinski definition) is 2. The molecule has 1 rings (SSSR count). The Hall–Kier alpha value is -0.540. The Morgan fingerprint density at radius 1 is 1.44 bits per heavy atom. The number of hydrogen-bond donors (Lipinski definition) is 1. The van der Waals surface area contributed by atoms with Crippen LogP contribution in [-0.4, -0.2) is 16.3 Å². The number of rotatable bonds is 5. The molecule has 0 saturated carbocycles. The van der Waals surface area contributed by atoms with Crippen molar-refractivity contribution in [3.05, 3.63) is 16.4 Å². The van der Waals surface area contributed by atoms with E-state index in [0.717, 1.165) is 29.4 Å². The second-order valence-electron chi connectivity index (χ2n) is 4.61. The molecule has 0 fully saturated rings. The van der Waals surface area contributed by atoms with E-state index in [1.807, 2.05) is 11.6 Å². The largest absolute Gasteiger partial charge is 0.330 e. The molecule has 0 saturated heterocycles. The molecule has 1 heterocycles. The molecule has 1 unspecified atom stereocenters. The fraction of sp³-hybridized carbons (Fsp3) is 0.750. The lowest BCUT2D eigenvalue weighted by atomic mass is 9.91. The van der Waals surface area contributed by atoms with Gasteiger partial charge in [-0.25, -0.2) is 0 Å². The van der Waals surface area contributed by atoms with Gasteiger partial charge in [-0.2, -0.15) is 5.10 Å². The summed E-state index contributed by atoms with van der Waals surface area (Å²) in [5.41, 5.74) is 7.84. The van der Waals surface area contributed by atoms with Gasteiger partial charge in [-0.15, -0.1) is 0 Å². The molecule has 1 aromatic heterocycles. The van der Waals surface area contributed by atoms with Crippen LogP contribution < -0.4 is 5.73 Å². The average molecular weight is 244 g/mol. The summed E-state index contributed by atoms with van der Waals surface area (Å²) in [6.07, 6.45) is 0.918. The van der Waals surface area contributed by atoms with Crippen molar-refractivity contribution in [2.45, 2.75) is 40.7 Å². The van der Waals surface area contributed by atoms with Gasteiger partial charge in [0.1, 0.15) is 0 Å². The quantitative estimate of drug-likeness (QED) is 0.864. The lowest BCUT2D eigenvalue weighted by Crippen LogP contribution is -2.23. The first-order chi connectivity index (χ1) is 7.51. The minimum atomic E-state index is 0.471. The number of halogens is 1. The predicted octanol–water partition coefficient (Wildman–Crippen LogP) is 2.64. The number of aryl methyl sites for hydroxylation is 2. The zero-order valence-corrected chi connectivity index (χ0v) is 11.4. The summed E-state index contributed by atoms with van der Waals surface area (Å²) in [7, 11) is 0. The highest BCUT2D eigenvalue weighted by Gasteiger charge is 2.19. The van der Waals surface area contributed by atoms with Crippen molar-refractivity contribution in [1.29, 1.82) is 0 Å². The molecule has 0 aliphatic carbocycles. The van der Waals surface area contributed by atoms with E-state index in [1.165, 1.54) is 0 Å². The summed E-state index contributed by atoms with van der Waals surface area (Å²) in [6.45, 7) is 9.99. The van der Waals surface area contributed by atoms with Gasteiger partial charge in [-0.3, -0.25) is 4.68 Å². The van der Waals surface area contributed by atoms with Crippen LogP contribution in [-0.2, 0) is 13.0 Å². The number of nitrogens with two attached hydrogens (primary N) is 1. The van der Waals surface area contributed by atoms with Crippen molar-refractivity contribution in [2.75, 3.05) is 6.54 Å². The zero-order chi connectivity index (χ0) is 12.3. The highest BCUT2D eigenvalue weighted by molar-refractivity contribution is 6.31.